The first-order valence-corrected chi connectivity index (χ1v) is 7.10. The van der Waals surface area contributed by atoms with Gasteiger partial charge in [0.25, 0.3) is 0 Å². The van der Waals surface area contributed by atoms with Crippen molar-refractivity contribution in [1.29, 1.82) is 0 Å². The summed E-state index contributed by atoms with van der Waals surface area (Å²) in [6.07, 6.45) is 5.19. The normalized spacial score (nSPS) is 24.2. The largest absolute Gasteiger partial charge is 0.481 e. The number of hydrogen-bond donors (Lipinski definition) is 1. The van der Waals surface area contributed by atoms with Gasteiger partial charge in [-0.05, 0) is 45.4 Å². The standard InChI is InChI=1S/C15H29NO2/c1-14(2,3)16(10-8-13(17)18)12-7-6-9-15(4,5)11-12/h12H,6-11H2,1-5H3,(H,17,18). The Morgan fingerprint density at radius 1 is 1.39 bits per heavy atom. The van der Waals surface area contributed by atoms with Crippen LogP contribution in [0.4, 0.5) is 0 Å². The van der Waals surface area contributed by atoms with Gasteiger partial charge >= 0.3 is 5.97 Å². The van der Waals surface area contributed by atoms with Crippen LogP contribution in [0.25, 0.3) is 0 Å². The third-order valence-electron chi connectivity index (χ3n) is 4.05. The van der Waals surface area contributed by atoms with Gasteiger partial charge in [0, 0.05) is 18.1 Å². The summed E-state index contributed by atoms with van der Waals surface area (Å²) in [6.45, 7) is 11.9. The highest BCUT2D eigenvalue weighted by Gasteiger charge is 2.35. The second-order valence-corrected chi connectivity index (χ2v) is 7.42. The zero-order chi connectivity index (χ0) is 14.0. The summed E-state index contributed by atoms with van der Waals surface area (Å²) in [5.74, 6) is -0.695. The monoisotopic (exact) mass is 255 g/mol. The van der Waals surface area contributed by atoms with Crippen molar-refractivity contribution in [1.82, 2.24) is 4.90 Å². The molecule has 1 fully saturated rings. The molecule has 0 radical (unpaired) electrons. The van der Waals surface area contributed by atoms with E-state index < -0.39 is 5.97 Å². The van der Waals surface area contributed by atoms with E-state index in [1.807, 2.05) is 0 Å². The molecule has 1 aliphatic carbocycles. The van der Waals surface area contributed by atoms with Crippen LogP contribution < -0.4 is 0 Å². The first-order chi connectivity index (χ1) is 8.12. The molecule has 106 valence electrons. The molecule has 0 aliphatic heterocycles. The summed E-state index contributed by atoms with van der Waals surface area (Å²) in [5.41, 5.74) is 0.448. The fourth-order valence-corrected chi connectivity index (χ4v) is 3.21. The maximum atomic E-state index is 10.8. The van der Waals surface area contributed by atoms with Crippen LogP contribution in [0.1, 0.15) is 66.7 Å². The smallest absolute Gasteiger partial charge is 0.304 e. The molecule has 0 aromatic heterocycles. The minimum atomic E-state index is -0.695. The van der Waals surface area contributed by atoms with Crippen molar-refractivity contribution >= 4 is 5.97 Å². The van der Waals surface area contributed by atoms with Crippen molar-refractivity contribution in [3.63, 3.8) is 0 Å². The number of aliphatic carboxylic acids is 1. The van der Waals surface area contributed by atoms with E-state index in [0.717, 1.165) is 0 Å². The number of carboxylic acid groups (broad SMARTS) is 1. The highest BCUT2D eigenvalue weighted by molar-refractivity contribution is 5.66. The van der Waals surface area contributed by atoms with Crippen LogP contribution in [0, 0.1) is 5.41 Å². The zero-order valence-corrected chi connectivity index (χ0v) is 12.6. The fourth-order valence-electron chi connectivity index (χ4n) is 3.21. The van der Waals surface area contributed by atoms with Gasteiger partial charge in [0.2, 0.25) is 0 Å². The first-order valence-electron chi connectivity index (χ1n) is 7.10. The molecule has 0 saturated heterocycles. The van der Waals surface area contributed by atoms with E-state index in [9.17, 15) is 4.79 Å². The lowest BCUT2D eigenvalue weighted by Crippen LogP contribution is -2.51. The van der Waals surface area contributed by atoms with E-state index in [4.69, 9.17) is 5.11 Å². The first kappa shape index (κ1) is 15.5. The number of nitrogens with zero attached hydrogens (tertiary/aromatic N) is 1. The summed E-state index contributed by atoms with van der Waals surface area (Å²) in [4.78, 5) is 13.2. The molecule has 18 heavy (non-hydrogen) atoms. The van der Waals surface area contributed by atoms with Crippen molar-refractivity contribution in [3.8, 4) is 0 Å². The minimum Gasteiger partial charge on any atom is -0.481 e. The van der Waals surface area contributed by atoms with Crippen molar-refractivity contribution in [3.05, 3.63) is 0 Å². The van der Waals surface area contributed by atoms with Gasteiger partial charge in [0.05, 0.1) is 6.42 Å². The van der Waals surface area contributed by atoms with Crippen molar-refractivity contribution in [2.45, 2.75) is 78.3 Å². The topological polar surface area (TPSA) is 40.5 Å². The molecule has 1 unspecified atom stereocenters. The lowest BCUT2D eigenvalue weighted by molar-refractivity contribution is -0.138. The second-order valence-electron chi connectivity index (χ2n) is 7.42. The SMILES string of the molecule is CC1(C)CCCC(N(CCC(=O)O)C(C)(C)C)C1. The number of rotatable bonds is 4. The van der Waals surface area contributed by atoms with Gasteiger partial charge in [-0.25, -0.2) is 0 Å². The molecule has 0 aromatic rings. The van der Waals surface area contributed by atoms with E-state index in [0.29, 0.717) is 18.0 Å². The number of carbonyl (C=O) groups is 1. The quantitative estimate of drug-likeness (QED) is 0.835. The summed E-state index contributed by atoms with van der Waals surface area (Å²) in [7, 11) is 0. The predicted molar refractivity (Wildman–Crippen MR) is 74.7 cm³/mol. The van der Waals surface area contributed by atoms with Crippen LogP contribution >= 0.6 is 0 Å². The Morgan fingerprint density at radius 2 is 2.00 bits per heavy atom. The van der Waals surface area contributed by atoms with E-state index in [1.165, 1.54) is 25.7 Å². The Labute approximate surface area is 112 Å². The van der Waals surface area contributed by atoms with Crippen LogP contribution in [0.3, 0.4) is 0 Å². The van der Waals surface area contributed by atoms with Crippen LogP contribution in [0.2, 0.25) is 0 Å². The van der Waals surface area contributed by atoms with Gasteiger partial charge in [-0.15, -0.1) is 0 Å². The molecule has 0 spiro atoms. The molecule has 1 N–H and O–H groups in total. The van der Waals surface area contributed by atoms with Gasteiger partial charge in [-0.3, -0.25) is 9.69 Å². The molecule has 0 heterocycles. The average molecular weight is 255 g/mol. The van der Waals surface area contributed by atoms with Gasteiger partial charge in [-0.1, -0.05) is 20.3 Å². The van der Waals surface area contributed by atoms with Crippen molar-refractivity contribution in [2.24, 2.45) is 5.41 Å². The Hall–Kier alpha value is -0.570. The Kier molecular flexibility index (Phi) is 4.82. The molecule has 0 bridgehead atoms. The average Bonchev–Trinajstić information content (AvgIpc) is 2.13. The lowest BCUT2D eigenvalue weighted by atomic mass is 9.74. The summed E-state index contributed by atoms with van der Waals surface area (Å²) >= 11 is 0. The molecule has 3 nitrogen and oxygen atoms in total. The van der Waals surface area contributed by atoms with Crippen molar-refractivity contribution < 1.29 is 9.90 Å². The molecular weight excluding hydrogens is 226 g/mol. The maximum absolute atomic E-state index is 10.8. The van der Waals surface area contributed by atoms with Gasteiger partial charge in [-0.2, -0.15) is 0 Å². The molecule has 0 aromatic carbocycles. The fraction of sp³-hybridized carbons (Fsp3) is 0.933. The molecule has 1 rings (SSSR count). The third-order valence-corrected chi connectivity index (χ3v) is 4.05. The van der Waals surface area contributed by atoms with E-state index in [-0.39, 0.29) is 12.0 Å². The maximum Gasteiger partial charge on any atom is 0.304 e. The molecule has 3 heteroatoms. The van der Waals surface area contributed by atoms with Crippen LogP contribution in [0.5, 0.6) is 0 Å². The lowest BCUT2D eigenvalue weighted by Gasteiger charge is -2.47. The Bertz CT molecular complexity index is 291. The number of carboxylic acids is 1. The van der Waals surface area contributed by atoms with Gasteiger partial charge < -0.3 is 5.11 Å². The predicted octanol–water partition coefficient (Wildman–Crippen LogP) is 3.53. The summed E-state index contributed by atoms with van der Waals surface area (Å²) in [5, 5.41) is 8.90. The van der Waals surface area contributed by atoms with E-state index in [1.54, 1.807) is 0 Å². The van der Waals surface area contributed by atoms with E-state index >= 15 is 0 Å². The molecule has 0 amide bonds. The molecule has 1 saturated carbocycles. The Morgan fingerprint density at radius 3 is 2.44 bits per heavy atom. The zero-order valence-electron chi connectivity index (χ0n) is 12.6. The highest BCUT2D eigenvalue weighted by atomic mass is 16.4. The summed E-state index contributed by atoms with van der Waals surface area (Å²) in [6, 6.07) is 0.535. The molecule has 1 atom stereocenters. The minimum absolute atomic E-state index is 0.0491. The Balaban J connectivity index is 2.73. The second kappa shape index (κ2) is 5.60. The van der Waals surface area contributed by atoms with Crippen molar-refractivity contribution in [2.75, 3.05) is 6.54 Å². The third kappa shape index (κ3) is 4.60. The van der Waals surface area contributed by atoms with Gasteiger partial charge in [0.1, 0.15) is 0 Å². The molecular formula is C15H29NO2. The highest BCUT2D eigenvalue weighted by Crippen LogP contribution is 2.39. The van der Waals surface area contributed by atoms with E-state index in [2.05, 4.69) is 39.5 Å². The molecule has 1 aliphatic rings. The van der Waals surface area contributed by atoms with Crippen LogP contribution in [-0.2, 0) is 4.79 Å². The van der Waals surface area contributed by atoms with Gasteiger partial charge in [0.15, 0.2) is 0 Å². The van der Waals surface area contributed by atoms with Crippen LogP contribution in [-0.4, -0.2) is 34.1 Å². The number of hydrogen-bond acceptors (Lipinski definition) is 2. The van der Waals surface area contributed by atoms with Crippen LogP contribution in [0.15, 0.2) is 0 Å². The summed E-state index contributed by atoms with van der Waals surface area (Å²) < 4.78 is 0.